The maximum Gasteiger partial charge on any atom is -0.0206 e. The van der Waals surface area contributed by atoms with E-state index in [-0.39, 0.29) is 0 Å². The van der Waals surface area contributed by atoms with Gasteiger partial charge in [-0.2, -0.15) is 0 Å². The van der Waals surface area contributed by atoms with Crippen LogP contribution in [0.5, 0.6) is 0 Å². The Morgan fingerprint density at radius 1 is 0.520 bits per heavy atom. The molecule has 0 aromatic carbocycles. The fraction of sp³-hybridized carbons (Fsp3) is 0.920. The fourth-order valence-corrected chi connectivity index (χ4v) is 3.88. The van der Waals surface area contributed by atoms with Crippen LogP contribution in [0.25, 0.3) is 0 Å². The Kier molecular flexibility index (Phi) is 19.8. The molecule has 0 aliphatic carbocycles. The minimum atomic E-state index is 0.818. The van der Waals surface area contributed by atoms with E-state index < -0.39 is 0 Å². The van der Waals surface area contributed by atoms with Gasteiger partial charge in [0.25, 0.3) is 0 Å². The second kappa shape index (κ2) is 20.1. The highest BCUT2D eigenvalue weighted by atomic mass is 14.2. The highest BCUT2D eigenvalue weighted by Gasteiger charge is 2.12. The van der Waals surface area contributed by atoms with Crippen molar-refractivity contribution < 1.29 is 0 Å². The number of unbranched alkanes of at least 4 members (excludes halogenated alkanes) is 13. The van der Waals surface area contributed by atoms with Crippen molar-refractivity contribution in [3.05, 3.63) is 12.2 Å². The smallest absolute Gasteiger partial charge is 0.0206 e. The summed E-state index contributed by atoms with van der Waals surface area (Å²) in [5.41, 5.74) is 1.58. The zero-order valence-corrected chi connectivity index (χ0v) is 18.2. The third-order valence-corrected chi connectivity index (χ3v) is 5.74. The van der Waals surface area contributed by atoms with Crippen LogP contribution in [0, 0.1) is 5.92 Å². The van der Waals surface area contributed by atoms with Gasteiger partial charge in [-0.3, -0.25) is 0 Å². The van der Waals surface area contributed by atoms with Gasteiger partial charge < -0.3 is 0 Å². The maximum absolute atomic E-state index is 4.52. The first-order chi connectivity index (χ1) is 12.3. The fourth-order valence-electron chi connectivity index (χ4n) is 3.88. The normalized spacial score (nSPS) is 12.4. The molecule has 0 heteroatoms. The van der Waals surface area contributed by atoms with Crippen molar-refractivity contribution in [2.75, 3.05) is 0 Å². The second-order valence-corrected chi connectivity index (χ2v) is 8.28. The van der Waals surface area contributed by atoms with Crippen LogP contribution < -0.4 is 0 Å². The number of allylic oxidation sites excluding steroid dienone is 1. The standard InChI is InChI=1S/C25H50/c1-5-8-11-14-16-18-21-24(4)25(22-19-13-10-7-3)23-20-17-15-12-9-6-2/h25H,4-23H2,1-3H3. The van der Waals surface area contributed by atoms with Gasteiger partial charge in [-0.1, -0.05) is 129 Å². The monoisotopic (exact) mass is 350 g/mol. The van der Waals surface area contributed by atoms with Crippen LogP contribution in [0.3, 0.4) is 0 Å². The summed E-state index contributed by atoms with van der Waals surface area (Å²) >= 11 is 0. The Morgan fingerprint density at radius 3 is 1.36 bits per heavy atom. The van der Waals surface area contributed by atoms with Crippen molar-refractivity contribution in [2.45, 2.75) is 143 Å². The first-order valence-electron chi connectivity index (χ1n) is 11.9. The zero-order chi connectivity index (χ0) is 18.6. The summed E-state index contributed by atoms with van der Waals surface area (Å²) in [5.74, 6) is 0.818. The van der Waals surface area contributed by atoms with Crippen molar-refractivity contribution >= 4 is 0 Å². The van der Waals surface area contributed by atoms with Crippen LogP contribution in [0.1, 0.15) is 143 Å². The molecule has 0 N–H and O–H groups in total. The lowest BCUT2D eigenvalue weighted by molar-refractivity contribution is 0.439. The molecule has 0 saturated carbocycles. The molecule has 1 atom stereocenters. The highest BCUT2D eigenvalue weighted by molar-refractivity contribution is 5.00. The van der Waals surface area contributed by atoms with E-state index in [4.69, 9.17) is 0 Å². The van der Waals surface area contributed by atoms with Gasteiger partial charge in [-0.25, -0.2) is 0 Å². The van der Waals surface area contributed by atoms with Crippen molar-refractivity contribution in [2.24, 2.45) is 5.92 Å². The van der Waals surface area contributed by atoms with Crippen LogP contribution in [-0.4, -0.2) is 0 Å². The van der Waals surface area contributed by atoms with Crippen LogP contribution in [-0.2, 0) is 0 Å². The summed E-state index contributed by atoms with van der Waals surface area (Å²) in [6.45, 7) is 11.4. The first-order valence-corrected chi connectivity index (χ1v) is 11.9. The van der Waals surface area contributed by atoms with Crippen molar-refractivity contribution in [3.8, 4) is 0 Å². The quantitative estimate of drug-likeness (QED) is 0.151. The van der Waals surface area contributed by atoms with Gasteiger partial charge in [0.05, 0.1) is 0 Å². The molecule has 0 aromatic rings. The number of hydrogen-bond donors (Lipinski definition) is 0. The SMILES string of the molecule is C=C(CCCCCCCC)C(CCCCCC)CCCCCCCC. The van der Waals surface area contributed by atoms with Gasteiger partial charge in [-0.05, 0) is 31.6 Å². The van der Waals surface area contributed by atoms with Crippen molar-refractivity contribution in [1.82, 2.24) is 0 Å². The van der Waals surface area contributed by atoms with E-state index in [2.05, 4.69) is 27.4 Å². The first kappa shape index (κ1) is 24.7. The predicted molar refractivity (Wildman–Crippen MR) is 117 cm³/mol. The number of rotatable bonds is 20. The molecule has 0 radical (unpaired) electrons. The lowest BCUT2D eigenvalue weighted by Gasteiger charge is -2.20. The van der Waals surface area contributed by atoms with E-state index in [1.165, 1.54) is 122 Å². The van der Waals surface area contributed by atoms with Gasteiger partial charge in [0, 0.05) is 0 Å². The average Bonchev–Trinajstić information content (AvgIpc) is 2.62. The Balaban J connectivity index is 3.97. The summed E-state index contributed by atoms with van der Waals surface area (Å²) in [6, 6.07) is 0. The van der Waals surface area contributed by atoms with Crippen LogP contribution >= 0.6 is 0 Å². The third kappa shape index (κ3) is 16.9. The molecule has 25 heavy (non-hydrogen) atoms. The Labute approximate surface area is 161 Å². The molecule has 0 aliphatic rings. The van der Waals surface area contributed by atoms with Crippen molar-refractivity contribution in [1.29, 1.82) is 0 Å². The van der Waals surface area contributed by atoms with E-state index in [9.17, 15) is 0 Å². The molecule has 0 aliphatic heterocycles. The minimum absolute atomic E-state index is 0.818. The molecular weight excluding hydrogens is 300 g/mol. The van der Waals surface area contributed by atoms with Gasteiger partial charge in [0.15, 0.2) is 0 Å². The molecule has 0 fully saturated rings. The summed E-state index contributed by atoms with van der Waals surface area (Å²) in [5, 5.41) is 0. The van der Waals surface area contributed by atoms with Crippen LogP contribution in [0.2, 0.25) is 0 Å². The van der Waals surface area contributed by atoms with E-state index >= 15 is 0 Å². The molecule has 0 aromatic heterocycles. The molecule has 0 heterocycles. The predicted octanol–water partition coefficient (Wildman–Crippen LogP) is 9.63. The van der Waals surface area contributed by atoms with E-state index in [1.807, 2.05) is 0 Å². The average molecular weight is 351 g/mol. The lowest BCUT2D eigenvalue weighted by atomic mass is 9.86. The molecule has 0 spiro atoms. The Hall–Kier alpha value is -0.260. The van der Waals surface area contributed by atoms with Gasteiger partial charge in [-0.15, -0.1) is 0 Å². The van der Waals surface area contributed by atoms with Crippen molar-refractivity contribution in [3.63, 3.8) is 0 Å². The summed E-state index contributed by atoms with van der Waals surface area (Å²) in [7, 11) is 0. The van der Waals surface area contributed by atoms with Crippen LogP contribution in [0.4, 0.5) is 0 Å². The topological polar surface area (TPSA) is 0 Å². The molecule has 0 amide bonds. The molecular formula is C25H50. The minimum Gasteiger partial charge on any atom is -0.0996 e. The Morgan fingerprint density at radius 2 is 0.880 bits per heavy atom. The van der Waals surface area contributed by atoms with E-state index in [0.717, 1.165) is 5.92 Å². The van der Waals surface area contributed by atoms with E-state index in [1.54, 1.807) is 5.57 Å². The largest absolute Gasteiger partial charge is 0.0996 e. The molecule has 0 saturated heterocycles. The molecule has 0 bridgehead atoms. The van der Waals surface area contributed by atoms with E-state index in [0.29, 0.717) is 0 Å². The Bertz CT molecular complexity index is 265. The van der Waals surface area contributed by atoms with Gasteiger partial charge in [0.1, 0.15) is 0 Å². The molecule has 0 nitrogen and oxygen atoms in total. The van der Waals surface area contributed by atoms with Gasteiger partial charge >= 0.3 is 0 Å². The summed E-state index contributed by atoms with van der Waals surface area (Å²) in [6.07, 6.45) is 26.7. The van der Waals surface area contributed by atoms with Crippen LogP contribution in [0.15, 0.2) is 12.2 Å². The molecule has 0 rings (SSSR count). The molecule has 1 unspecified atom stereocenters. The highest BCUT2D eigenvalue weighted by Crippen LogP contribution is 2.28. The summed E-state index contributed by atoms with van der Waals surface area (Å²) in [4.78, 5) is 0. The van der Waals surface area contributed by atoms with Gasteiger partial charge in [0.2, 0.25) is 0 Å². The third-order valence-electron chi connectivity index (χ3n) is 5.74. The zero-order valence-electron chi connectivity index (χ0n) is 18.2. The maximum atomic E-state index is 4.52. The summed E-state index contributed by atoms with van der Waals surface area (Å²) < 4.78 is 0. The second-order valence-electron chi connectivity index (χ2n) is 8.28. The molecule has 150 valence electrons. The number of hydrogen-bond acceptors (Lipinski definition) is 0. The lowest BCUT2D eigenvalue weighted by Crippen LogP contribution is -2.05.